The average Bonchev–Trinajstić information content (AvgIpc) is 3.20. The van der Waals surface area contributed by atoms with Crippen LogP contribution >= 0.6 is 11.3 Å². The van der Waals surface area contributed by atoms with Crippen molar-refractivity contribution in [3.8, 4) is 22.8 Å². The molecule has 3 rings (SSSR count). The van der Waals surface area contributed by atoms with Gasteiger partial charge < -0.3 is 13.9 Å². The van der Waals surface area contributed by atoms with E-state index >= 15 is 0 Å². The Morgan fingerprint density at radius 3 is 2.64 bits per heavy atom. The van der Waals surface area contributed by atoms with Crippen molar-refractivity contribution in [2.75, 3.05) is 19.5 Å². The van der Waals surface area contributed by atoms with Crippen molar-refractivity contribution >= 4 is 22.4 Å². The summed E-state index contributed by atoms with van der Waals surface area (Å²) in [5.41, 5.74) is 2.06. The van der Waals surface area contributed by atoms with Crippen LogP contribution in [0.3, 0.4) is 0 Å². The molecule has 0 aliphatic rings. The van der Waals surface area contributed by atoms with E-state index in [2.05, 4.69) is 10.3 Å². The van der Waals surface area contributed by atoms with Gasteiger partial charge in [-0.2, -0.15) is 0 Å². The van der Waals surface area contributed by atoms with Gasteiger partial charge >= 0.3 is 0 Å². The largest absolute Gasteiger partial charge is 0.497 e. The molecule has 2 aromatic heterocycles. The second-order valence-electron chi connectivity index (χ2n) is 5.39. The molecule has 0 saturated heterocycles. The Labute approximate surface area is 149 Å². The summed E-state index contributed by atoms with van der Waals surface area (Å²) in [6, 6.07) is 7.23. The Morgan fingerprint density at radius 2 is 2.00 bits per heavy atom. The number of hydrogen-bond acceptors (Lipinski definition) is 6. The first-order valence-corrected chi connectivity index (χ1v) is 8.46. The molecule has 0 fully saturated rings. The number of ether oxygens (including phenoxy) is 2. The maximum absolute atomic E-state index is 12.4. The van der Waals surface area contributed by atoms with E-state index in [-0.39, 0.29) is 5.91 Å². The summed E-state index contributed by atoms with van der Waals surface area (Å²) in [6.07, 6.45) is 0. The second-order valence-corrected chi connectivity index (χ2v) is 6.24. The standard InChI is InChI=1S/C18H18N2O4S/c1-10-7-14(11(2)24-10)17(21)20-18-19-15(9-25-18)13-6-5-12(22-3)8-16(13)23-4/h5-9H,1-4H3,(H,19,20,21). The molecular weight excluding hydrogens is 340 g/mol. The highest BCUT2D eigenvalue weighted by Crippen LogP contribution is 2.35. The topological polar surface area (TPSA) is 73.6 Å². The number of carbonyl (C=O) groups is 1. The molecule has 0 bridgehead atoms. The number of nitrogens with one attached hydrogen (secondary N) is 1. The molecule has 0 radical (unpaired) electrons. The van der Waals surface area contributed by atoms with Crippen molar-refractivity contribution in [3.05, 3.63) is 46.7 Å². The van der Waals surface area contributed by atoms with Gasteiger partial charge in [-0.3, -0.25) is 10.1 Å². The summed E-state index contributed by atoms with van der Waals surface area (Å²) in [4.78, 5) is 16.8. The van der Waals surface area contributed by atoms with Gasteiger partial charge in [0.15, 0.2) is 5.13 Å². The molecule has 1 aromatic carbocycles. The van der Waals surface area contributed by atoms with Crippen molar-refractivity contribution < 1.29 is 18.7 Å². The zero-order chi connectivity index (χ0) is 18.0. The first kappa shape index (κ1) is 17.0. The fourth-order valence-corrected chi connectivity index (χ4v) is 3.19. The van der Waals surface area contributed by atoms with Crippen LogP contribution in [-0.2, 0) is 0 Å². The van der Waals surface area contributed by atoms with E-state index in [0.717, 1.165) is 11.3 Å². The number of hydrogen-bond donors (Lipinski definition) is 1. The molecule has 1 N–H and O–H groups in total. The fraction of sp³-hybridized carbons (Fsp3) is 0.222. The van der Waals surface area contributed by atoms with Crippen LogP contribution < -0.4 is 14.8 Å². The predicted octanol–water partition coefficient (Wildman–Crippen LogP) is 4.29. The Bertz CT molecular complexity index is 914. The van der Waals surface area contributed by atoms with Gasteiger partial charge in [-0.25, -0.2) is 4.98 Å². The molecule has 3 aromatic rings. The molecule has 0 atom stereocenters. The third kappa shape index (κ3) is 3.51. The molecule has 1 amide bonds. The lowest BCUT2D eigenvalue weighted by Gasteiger charge is -2.08. The number of carbonyl (C=O) groups excluding carboxylic acids is 1. The van der Waals surface area contributed by atoms with E-state index < -0.39 is 0 Å². The second kappa shape index (κ2) is 6.98. The minimum absolute atomic E-state index is 0.239. The van der Waals surface area contributed by atoms with Gasteiger partial charge in [-0.1, -0.05) is 0 Å². The smallest absolute Gasteiger partial charge is 0.260 e. The minimum atomic E-state index is -0.239. The van der Waals surface area contributed by atoms with E-state index in [1.54, 1.807) is 40.2 Å². The third-order valence-corrected chi connectivity index (χ3v) is 4.45. The van der Waals surface area contributed by atoms with Gasteiger partial charge in [0.25, 0.3) is 5.91 Å². The monoisotopic (exact) mass is 358 g/mol. The van der Waals surface area contributed by atoms with Gasteiger partial charge in [0.1, 0.15) is 23.0 Å². The number of amides is 1. The predicted molar refractivity (Wildman–Crippen MR) is 96.8 cm³/mol. The number of anilines is 1. The summed E-state index contributed by atoms with van der Waals surface area (Å²) in [5.74, 6) is 2.41. The van der Waals surface area contributed by atoms with Gasteiger partial charge in [-0.05, 0) is 32.0 Å². The zero-order valence-corrected chi connectivity index (χ0v) is 15.2. The van der Waals surface area contributed by atoms with Crippen molar-refractivity contribution in [2.45, 2.75) is 13.8 Å². The van der Waals surface area contributed by atoms with Crippen molar-refractivity contribution in [1.29, 1.82) is 0 Å². The number of aryl methyl sites for hydroxylation is 2. The fourth-order valence-electron chi connectivity index (χ4n) is 2.49. The number of methoxy groups -OCH3 is 2. The summed E-state index contributed by atoms with van der Waals surface area (Å²) < 4.78 is 16.0. The molecule has 25 heavy (non-hydrogen) atoms. The molecule has 6 nitrogen and oxygen atoms in total. The highest BCUT2D eigenvalue weighted by molar-refractivity contribution is 7.14. The number of thiazole rings is 1. The van der Waals surface area contributed by atoms with E-state index in [9.17, 15) is 4.79 Å². The number of benzene rings is 1. The Hall–Kier alpha value is -2.80. The van der Waals surface area contributed by atoms with Crippen LogP contribution in [0.1, 0.15) is 21.9 Å². The Kier molecular flexibility index (Phi) is 4.76. The number of aromatic nitrogens is 1. The Morgan fingerprint density at radius 1 is 1.20 bits per heavy atom. The maximum atomic E-state index is 12.4. The van der Waals surface area contributed by atoms with Crippen LogP contribution in [0.25, 0.3) is 11.3 Å². The van der Waals surface area contributed by atoms with Crippen LogP contribution in [0.15, 0.2) is 34.1 Å². The normalized spacial score (nSPS) is 10.6. The number of rotatable bonds is 5. The molecule has 2 heterocycles. The SMILES string of the molecule is COc1ccc(-c2csc(NC(=O)c3cc(C)oc3C)n2)c(OC)c1. The molecule has 0 unspecified atom stereocenters. The average molecular weight is 358 g/mol. The van der Waals surface area contributed by atoms with E-state index in [0.29, 0.717) is 33.7 Å². The highest BCUT2D eigenvalue weighted by atomic mass is 32.1. The Balaban J connectivity index is 1.83. The third-order valence-electron chi connectivity index (χ3n) is 3.69. The summed E-state index contributed by atoms with van der Waals surface area (Å²) in [6.45, 7) is 3.57. The van der Waals surface area contributed by atoms with E-state index in [1.165, 1.54) is 11.3 Å². The first-order valence-electron chi connectivity index (χ1n) is 7.58. The first-order chi connectivity index (χ1) is 12.0. The van der Waals surface area contributed by atoms with Gasteiger partial charge in [0, 0.05) is 17.0 Å². The van der Waals surface area contributed by atoms with Gasteiger partial charge in [-0.15, -0.1) is 11.3 Å². The minimum Gasteiger partial charge on any atom is -0.497 e. The van der Waals surface area contributed by atoms with Crippen molar-refractivity contribution in [1.82, 2.24) is 4.98 Å². The van der Waals surface area contributed by atoms with Gasteiger partial charge in [0.2, 0.25) is 0 Å². The molecule has 130 valence electrons. The zero-order valence-electron chi connectivity index (χ0n) is 14.4. The lowest BCUT2D eigenvalue weighted by molar-refractivity contribution is 0.102. The molecule has 0 aliphatic carbocycles. The van der Waals surface area contributed by atoms with Crippen LogP contribution in [0.4, 0.5) is 5.13 Å². The molecule has 7 heteroatoms. The number of furan rings is 1. The van der Waals surface area contributed by atoms with E-state index in [1.807, 2.05) is 17.5 Å². The molecule has 0 aliphatic heterocycles. The quantitative estimate of drug-likeness (QED) is 0.736. The molecule has 0 spiro atoms. The molecular formula is C18H18N2O4S. The summed E-state index contributed by atoms with van der Waals surface area (Å²) in [5, 5.41) is 5.18. The summed E-state index contributed by atoms with van der Waals surface area (Å²) in [7, 11) is 3.20. The van der Waals surface area contributed by atoms with Crippen LogP contribution in [0, 0.1) is 13.8 Å². The highest BCUT2D eigenvalue weighted by Gasteiger charge is 2.16. The maximum Gasteiger partial charge on any atom is 0.260 e. The van der Waals surface area contributed by atoms with Crippen LogP contribution in [0.5, 0.6) is 11.5 Å². The lowest BCUT2D eigenvalue weighted by atomic mass is 10.1. The molecule has 0 saturated carbocycles. The van der Waals surface area contributed by atoms with Gasteiger partial charge in [0.05, 0.1) is 25.5 Å². The van der Waals surface area contributed by atoms with Crippen LogP contribution in [0.2, 0.25) is 0 Å². The summed E-state index contributed by atoms with van der Waals surface area (Å²) >= 11 is 1.35. The van der Waals surface area contributed by atoms with Crippen molar-refractivity contribution in [2.24, 2.45) is 0 Å². The van der Waals surface area contributed by atoms with Crippen molar-refractivity contribution in [3.63, 3.8) is 0 Å². The number of nitrogens with zero attached hydrogens (tertiary/aromatic N) is 1. The van der Waals surface area contributed by atoms with E-state index in [4.69, 9.17) is 13.9 Å². The van der Waals surface area contributed by atoms with Crippen LogP contribution in [-0.4, -0.2) is 25.1 Å². The lowest BCUT2D eigenvalue weighted by Crippen LogP contribution is -2.11.